The molecule has 10 nitrogen and oxygen atoms in total. The van der Waals surface area contributed by atoms with E-state index in [2.05, 4.69) is 48.1 Å². The molecule has 0 radical (unpaired) electrons. The molecule has 0 saturated heterocycles. The fourth-order valence-corrected chi connectivity index (χ4v) is 8.63. The van der Waals surface area contributed by atoms with Gasteiger partial charge in [-0.2, -0.15) is 10.5 Å². The predicted molar refractivity (Wildman–Crippen MR) is 250 cm³/mol. The molecule has 0 aliphatic heterocycles. The molecule has 4 aromatic heterocycles. The summed E-state index contributed by atoms with van der Waals surface area (Å²) in [5, 5.41) is 23.2. The SMILES string of the molecule is [C-]#[N+]c1ccc2c(c1)c1cc([N+]#[C-])ccc1n2-c1cc(-c2nc(-c3ccccc3)nc(-c3ccccc3)n2)ccc1-c1ccncc1-n1c2ccc(C#N)cc2c2cc(C#N)ccc21. The maximum absolute atomic E-state index is 9.90. The van der Waals surface area contributed by atoms with Crippen LogP contribution in [0.2, 0.25) is 0 Å². The lowest BCUT2D eigenvalue weighted by molar-refractivity contribution is 1.07. The monoisotopic (exact) mass is 816 g/mol. The average Bonchev–Trinajstić information content (AvgIpc) is 3.87. The molecule has 0 aliphatic rings. The first-order valence-electron chi connectivity index (χ1n) is 20.2. The number of rotatable bonds is 6. The summed E-state index contributed by atoms with van der Waals surface area (Å²) in [6.45, 7) is 15.7. The largest absolute Gasteiger partial charge is 0.309 e. The Hall–Kier alpha value is -9.74. The van der Waals surface area contributed by atoms with Crippen LogP contribution in [0.4, 0.5) is 11.4 Å². The molecular formula is C54H28N10. The number of pyridine rings is 1. The van der Waals surface area contributed by atoms with Crippen LogP contribution >= 0.6 is 0 Å². The highest BCUT2D eigenvalue weighted by Crippen LogP contribution is 2.43. The summed E-state index contributed by atoms with van der Waals surface area (Å²) >= 11 is 0. The van der Waals surface area contributed by atoms with Gasteiger partial charge in [0.15, 0.2) is 28.8 Å². The zero-order valence-electron chi connectivity index (χ0n) is 33.6. The Morgan fingerprint density at radius 3 is 1.39 bits per heavy atom. The third-order valence-corrected chi connectivity index (χ3v) is 11.5. The van der Waals surface area contributed by atoms with Gasteiger partial charge >= 0.3 is 0 Å². The number of nitriles is 2. The zero-order valence-corrected chi connectivity index (χ0v) is 33.6. The van der Waals surface area contributed by atoms with Crippen LogP contribution in [0.3, 0.4) is 0 Å². The molecule has 64 heavy (non-hydrogen) atoms. The minimum Gasteiger partial charge on any atom is -0.309 e. The summed E-state index contributed by atoms with van der Waals surface area (Å²) in [5.74, 6) is 1.55. The summed E-state index contributed by atoms with van der Waals surface area (Å²) in [6, 6.07) is 54.9. The van der Waals surface area contributed by atoms with Gasteiger partial charge in [-0.05, 0) is 83.6 Å². The molecule has 0 aliphatic carbocycles. The smallest absolute Gasteiger partial charge is 0.188 e. The van der Waals surface area contributed by atoms with E-state index in [0.717, 1.165) is 82.8 Å². The number of fused-ring (bicyclic) bond motifs is 6. The Bertz CT molecular complexity index is 3690. The van der Waals surface area contributed by atoms with Crippen LogP contribution in [0.1, 0.15) is 11.1 Å². The van der Waals surface area contributed by atoms with Crippen LogP contribution in [0.25, 0.3) is 110 Å². The first kappa shape index (κ1) is 37.3. The van der Waals surface area contributed by atoms with Crippen molar-refractivity contribution in [2.24, 2.45) is 0 Å². The van der Waals surface area contributed by atoms with Gasteiger partial charge in [-0.25, -0.2) is 24.6 Å². The van der Waals surface area contributed by atoms with Gasteiger partial charge < -0.3 is 9.13 Å². The van der Waals surface area contributed by atoms with Crippen LogP contribution in [-0.4, -0.2) is 29.1 Å². The molecule has 0 fully saturated rings. The number of nitrogens with zero attached hydrogens (tertiary/aromatic N) is 10. The standard InChI is InChI=1S/C54H28N10/c1-57-38-16-21-48-44(28-38)45-29-39(58-2)17-22-49(45)63(48)50-27-37(54-61-52(35-9-5-3-6-10-35)60-53(62-54)36-11-7-4-8-12-36)15-18-40(50)41-23-24-59-32-51(41)64-46-19-13-33(30-55)25-42(46)43-26-34(31-56)14-20-47(43)64/h3-29,32H. The van der Waals surface area contributed by atoms with E-state index in [0.29, 0.717) is 40.0 Å². The molecule has 0 spiro atoms. The molecule has 0 amide bonds. The van der Waals surface area contributed by atoms with Crippen molar-refractivity contribution in [1.82, 2.24) is 29.1 Å². The van der Waals surface area contributed by atoms with Gasteiger partial charge in [-0.15, -0.1) is 0 Å². The number of benzene rings is 7. The summed E-state index contributed by atoms with van der Waals surface area (Å²) in [7, 11) is 0. The lowest BCUT2D eigenvalue weighted by Gasteiger charge is -2.19. The summed E-state index contributed by atoms with van der Waals surface area (Å²) < 4.78 is 4.31. The second kappa shape index (κ2) is 15.1. The Morgan fingerprint density at radius 2 is 0.891 bits per heavy atom. The van der Waals surface area contributed by atoms with Gasteiger partial charge in [-0.1, -0.05) is 84.9 Å². The van der Waals surface area contributed by atoms with E-state index in [4.69, 9.17) is 28.1 Å². The van der Waals surface area contributed by atoms with Crippen molar-refractivity contribution in [3.8, 4) is 68.8 Å². The minimum absolute atomic E-state index is 0.478. The maximum Gasteiger partial charge on any atom is 0.188 e. The molecular weight excluding hydrogens is 789 g/mol. The molecule has 0 unspecified atom stereocenters. The van der Waals surface area contributed by atoms with Gasteiger partial charge in [0, 0.05) is 44.8 Å². The molecule has 0 N–H and O–H groups in total. The highest BCUT2D eigenvalue weighted by molar-refractivity contribution is 6.13. The molecule has 11 aromatic rings. The van der Waals surface area contributed by atoms with Crippen LogP contribution in [0.5, 0.6) is 0 Å². The minimum atomic E-state index is 0.478. The van der Waals surface area contributed by atoms with Crippen molar-refractivity contribution in [1.29, 1.82) is 10.5 Å². The van der Waals surface area contributed by atoms with E-state index in [9.17, 15) is 10.5 Å². The topological polar surface area (TPSA) is 118 Å². The van der Waals surface area contributed by atoms with Crippen molar-refractivity contribution in [3.63, 3.8) is 0 Å². The lowest BCUT2D eigenvalue weighted by atomic mass is 9.99. The number of hydrogen-bond donors (Lipinski definition) is 0. The lowest BCUT2D eigenvalue weighted by Crippen LogP contribution is -2.04. The third kappa shape index (κ3) is 6.08. The molecule has 0 bridgehead atoms. The Kier molecular flexibility index (Phi) is 8.77. The first-order chi connectivity index (χ1) is 31.5. The molecule has 0 saturated carbocycles. The highest BCUT2D eigenvalue weighted by Gasteiger charge is 2.23. The molecule has 7 aromatic carbocycles. The first-order valence-corrected chi connectivity index (χ1v) is 20.2. The zero-order chi connectivity index (χ0) is 43.3. The summed E-state index contributed by atoms with van der Waals surface area (Å²) in [5.41, 5.74) is 11.1. The Morgan fingerprint density at radius 1 is 0.438 bits per heavy atom. The molecule has 4 heterocycles. The molecule has 294 valence electrons. The van der Waals surface area contributed by atoms with Gasteiger partial charge in [0.25, 0.3) is 0 Å². The second-order valence-corrected chi connectivity index (χ2v) is 15.1. The van der Waals surface area contributed by atoms with Crippen LogP contribution < -0.4 is 0 Å². The van der Waals surface area contributed by atoms with Crippen molar-refractivity contribution in [2.45, 2.75) is 0 Å². The van der Waals surface area contributed by atoms with Crippen molar-refractivity contribution in [2.75, 3.05) is 0 Å². The van der Waals surface area contributed by atoms with E-state index in [1.807, 2.05) is 140 Å². The van der Waals surface area contributed by atoms with Crippen LogP contribution in [-0.2, 0) is 0 Å². The normalized spacial score (nSPS) is 11.1. The van der Waals surface area contributed by atoms with E-state index in [-0.39, 0.29) is 0 Å². The Balaban J connectivity index is 1.23. The van der Waals surface area contributed by atoms with Gasteiger partial charge in [0.1, 0.15) is 0 Å². The fraction of sp³-hybridized carbons (Fsp3) is 0. The molecule has 10 heteroatoms. The second-order valence-electron chi connectivity index (χ2n) is 15.1. The van der Waals surface area contributed by atoms with Crippen LogP contribution in [0.15, 0.2) is 170 Å². The van der Waals surface area contributed by atoms with E-state index >= 15 is 0 Å². The molecule has 0 atom stereocenters. The van der Waals surface area contributed by atoms with E-state index in [1.54, 1.807) is 18.3 Å². The summed E-state index contributed by atoms with van der Waals surface area (Å²) in [4.78, 5) is 27.3. The van der Waals surface area contributed by atoms with Gasteiger partial charge in [-0.3, -0.25) is 4.98 Å². The van der Waals surface area contributed by atoms with Crippen LogP contribution in [0, 0.1) is 35.8 Å². The molecule has 11 rings (SSSR count). The van der Waals surface area contributed by atoms with Crippen molar-refractivity contribution < 1.29 is 0 Å². The van der Waals surface area contributed by atoms with Gasteiger partial charge in [0.2, 0.25) is 0 Å². The predicted octanol–water partition coefficient (Wildman–Crippen LogP) is 13.0. The average molecular weight is 817 g/mol. The van der Waals surface area contributed by atoms with Crippen molar-refractivity contribution >= 4 is 55.0 Å². The highest BCUT2D eigenvalue weighted by atomic mass is 15.0. The fourth-order valence-electron chi connectivity index (χ4n) is 8.63. The Labute approximate surface area is 366 Å². The third-order valence-electron chi connectivity index (χ3n) is 11.5. The summed E-state index contributed by atoms with van der Waals surface area (Å²) in [6.07, 6.45) is 3.61. The quantitative estimate of drug-likeness (QED) is 0.154. The number of hydrogen-bond acceptors (Lipinski definition) is 6. The maximum atomic E-state index is 9.90. The van der Waals surface area contributed by atoms with Gasteiger partial charge in [0.05, 0.1) is 76.0 Å². The van der Waals surface area contributed by atoms with E-state index < -0.39 is 0 Å². The van der Waals surface area contributed by atoms with Crippen molar-refractivity contribution in [3.05, 3.63) is 204 Å². The van der Waals surface area contributed by atoms with E-state index in [1.165, 1.54) is 0 Å². The number of aromatic nitrogens is 6.